The number of hydrogen-bond donors (Lipinski definition) is 1. The van der Waals surface area contributed by atoms with E-state index in [0.717, 1.165) is 30.1 Å². The zero-order valence-electron chi connectivity index (χ0n) is 25.1. The average Bonchev–Trinajstić information content (AvgIpc) is 3.56. The fourth-order valence-electron chi connectivity index (χ4n) is 4.92. The molecule has 14 heteroatoms. The number of nitro benzene ring substituents is 1. The average molecular weight is 594 g/mol. The molecule has 1 saturated heterocycles. The molecule has 13 nitrogen and oxygen atoms in total. The predicted molar refractivity (Wildman–Crippen MR) is 166 cm³/mol. The lowest BCUT2D eigenvalue weighted by atomic mass is 10.1. The lowest BCUT2D eigenvalue weighted by Crippen LogP contribution is -2.44. The highest BCUT2D eigenvalue weighted by molar-refractivity contribution is 6.76. The van der Waals surface area contributed by atoms with E-state index in [4.69, 9.17) is 19.4 Å². The van der Waals surface area contributed by atoms with Gasteiger partial charge in [0.1, 0.15) is 23.8 Å². The Balaban J connectivity index is 1.52. The molecule has 0 radical (unpaired) electrons. The topological polar surface area (TPSA) is 129 Å². The Kier molecular flexibility index (Phi) is 8.47. The Morgan fingerprint density at radius 1 is 1.12 bits per heavy atom. The van der Waals surface area contributed by atoms with Gasteiger partial charge >= 0.3 is 0 Å². The number of nitro groups is 1. The molecule has 3 aromatic heterocycles. The van der Waals surface area contributed by atoms with Gasteiger partial charge in [0.05, 0.1) is 29.6 Å². The highest BCUT2D eigenvalue weighted by Gasteiger charge is 2.26. The second kappa shape index (κ2) is 12.1. The number of aromatic nitrogens is 5. The first-order valence-electron chi connectivity index (χ1n) is 14.0. The van der Waals surface area contributed by atoms with Crippen LogP contribution in [0.1, 0.15) is 0 Å². The molecular weight excluding hydrogens is 554 g/mol. The highest BCUT2D eigenvalue weighted by Crippen LogP contribution is 2.40. The van der Waals surface area contributed by atoms with Crippen molar-refractivity contribution in [3.8, 4) is 17.0 Å². The molecule has 42 heavy (non-hydrogen) atoms. The highest BCUT2D eigenvalue weighted by atomic mass is 28.3. The van der Waals surface area contributed by atoms with Crippen molar-refractivity contribution >= 4 is 42.1 Å². The maximum atomic E-state index is 12.2. The number of benzene rings is 1. The zero-order chi connectivity index (χ0) is 30.0. The number of aryl methyl sites for hydroxylation is 1. The summed E-state index contributed by atoms with van der Waals surface area (Å²) < 4.78 is 15.4. The Hall–Kier alpha value is -4.01. The largest absolute Gasteiger partial charge is 0.494 e. The molecular formula is C28H39N9O4Si. The van der Waals surface area contributed by atoms with Crippen LogP contribution in [0.15, 0.2) is 36.8 Å². The van der Waals surface area contributed by atoms with Crippen LogP contribution < -0.4 is 15.0 Å². The normalized spacial score (nSPS) is 14.5. The van der Waals surface area contributed by atoms with E-state index in [1.807, 2.05) is 42.0 Å². The molecule has 0 aliphatic carbocycles. The maximum absolute atomic E-state index is 12.2. The first kappa shape index (κ1) is 29.5. The molecule has 0 saturated carbocycles. The van der Waals surface area contributed by atoms with E-state index in [2.05, 4.69) is 35.0 Å². The first-order valence-corrected chi connectivity index (χ1v) is 17.7. The summed E-state index contributed by atoms with van der Waals surface area (Å²) in [7, 11) is 4.23. The number of hydrogen-bond acceptors (Lipinski definition) is 10. The predicted octanol–water partition coefficient (Wildman–Crippen LogP) is 4.56. The van der Waals surface area contributed by atoms with E-state index in [9.17, 15) is 10.1 Å². The molecule has 0 amide bonds. The summed E-state index contributed by atoms with van der Waals surface area (Å²) in [5.41, 5.74) is 3.14. The van der Waals surface area contributed by atoms with E-state index in [0.29, 0.717) is 54.9 Å². The first-order chi connectivity index (χ1) is 20.0. The van der Waals surface area contributed by atoms with Crippen molar-refractivity contribution in [2.24, 2.45) is 7.05 Å². The van der Waals surface area contributed by atoms with E-state index >= 15 is 0 Å². The minimum Gasteiger partial charge on any atom is -0.494 e. The third kappa shape index (κ3) is 6.55. The fraction of sp³-hybridized carbons (Fsp3) is 0.464. The van der Waals surface area contributed by atoms with Crippen LogP contribution in [-0.2, 0) is 18.5 Å². The third-order valence-electron chi connectivity index (χ3n) is 7.41. The van der Waals surface area contributed by atoms with Gasteiger partial charge in [-0.15, -0.1) is 0 Å². The van der Waals surface area contributed by atoms with Crippen LogP contribution in [0.25, 0.3) is 22.3 Å². The lowest BCUT2D eigenvalue weighted by Gasteiger charge is -2.34. The van der Waals surface area contributed by atoms with Crippen molar-refractivity contribution in [2.45, 2.75) is 32.4 Å². The van der Waals surface area contributed by atoms with Gasteiger partial charge < -0.3 is 29.2 Å². The second-order valence-electron chi connectivity index (χ2n) is 11.9. The molecule has 224 valence electrons. The van der Waals surface area contributed by atoms with Gasteiger partial charge in [-0.1, -0.05) is 19.6 Å². The number of ether oxygens (including phenoxy) is 2. The second-order valence-corrected chi connectivity index (χ2v) is 17.5. The Morgan fingerprint density at radius 3 is 2.52 bits per heavy atom. The monoisotopic (exact) mass is 593 g/mol. The van der Waals surface area contributed by atoms with E-state index in [-0.39, 0.29) is 16.6 Å². The van der Waals surface area contributed by atoms with Gasteiger partial charge in [0.25, 0.3) is 5.69 Å². The summed E-state index contributed by atoms with van der Waals surface area (Å²) in [6.45, 7) is 11.0. The van der Waals surface area contributed by atoms with Crippen LogP contribution >= 0.6 is 0 Å². The quantitative estimate of drug-likeness (QED) is 0.114. The third-order valence-corrected chi connectivity index (χ3v) is 9.11. The number of piperazine rings is 1. The van der Waals surface area contributed by atoms with Crippen molar-refractivity contribution in [1.82, 2.24) is 29.2 Å². The SMILES string of the molecule is COc1cc(N2CCN(C)CC2)c([N+](=O)[O-])cc1Nc1nc(-c2cnn(C)c2)c2ccn(COCC[Si](C)(C)C)c2n1. The lowest BCUT2D eigenvalue weighted by molar-refractivity contribution is -0.384. The van der Waals surface area contributed by atoms with Crippen LogP contribution in [0.4, 0.5) is 23.0 Å². The van der Waals surface area contributed by atoms with Crippen LogP contribution in [-0.4, -0.2) is 89.2 Å². The number of rotatable bonds is 11. The molecule has 1 N–H and O–H groups in total. The van der Waals surface area contributed by atoms with Crippen molar-refractivity contribution < 1.29 is 14.4 Å². The molecule has 5 rings (SSSR count). The van der Waals surface area contributed by atoms with Crippen molar-refractivity contribution in [1.29, 1.82) is 0 Å². The molecule has 0 unspecified atom stereocenters. The van der Waals surface area contributed by atoms with Gasteiger partial charge in [-0.05, 0) is 19.2 Å². The van der Waals surface area contributed by atoms with Gasteiger partial charge in [0, 0.05) is 83.4 Å². The summed E-state index contributed by atoms with van der Waals surface area (Å²) in [5, 5.41) is 20.6. The smallest absolute Gasteiger partial charge is 0.294 e. The molecule has 1 aromatic carbocycles. The molecule has 1 aliphatic rings. The number of nitrogens with zero attached hydrogens (tertiary/aromatic N) is 8. The molecule has 0 bridgehead atoms. The van der Waals surface area contributed by atoms with Crippen LogP contribution in [0.3, 0.4) is 0 Å². The number of methoxy groups -OCH3 is 1. The molecule has 1 fully saturated rings. The Labute approximate surface area is 246 Å². The fourth-order valence-corrected chi connectivity index (χ4v) is 5.68. The van der Waals surface area contributed by atoms with Gasteiger partial charge in [-0.25, -0.2) is 4.98 Å². The summed E-state index contributed by atoms with van der Waals surface area (Å²) >= 11 is 0. The van der Waals surface area contributed by atoms with Crippen molar-refractivity contribution in [3.63, 3.8) is 0 Å². The summed E-state index contributed by atoms with van der Waals surface area (Å²) in [4.78, 5) is 25.7. The van der Waals surface area contributed by atoms with Gasteiger partial charge in [0.15, 0.2) is 0 Å². The summed E-state index contributed by atoms with van der Waals surface area (Å²) in [6, 6.07) is 6.26. The number of fused-ring (bicyclic) bond motifs is 1. The standard InChI is InChI=1S/C28H39N9O4Si/c1-33-9-11-35(12-10-33)23-16-25(40-3)22(15-24(23)37(38)39)30-28-31-26(20-17-29-34(2)18-20)21-7-8-36(27(21)32-28)19-41-13-14-42(4,5)6/h7-8,15-18H,9-14,19H2,1-6H3,(H,30,31,32). The van der Waals surface area contributed by atoms with Crippen LogP contribution in [0.5, 0.6) is 5.75 Å². The van der Waals surface area contributed by atoms with E-state index < -0.39 is 8.07 Å². The minimum absolute atomic E-state index is 0.00409. The van der Waals surface area contributed by atoms with Gasteiger partial charge in [-0.2, -0.15) is 10.1 Å². The van der Waals surface area contributed by atoms with Crippen LogP contribution in [0, 0.1) is 10.1 Å². The molecule has 0 atom stereocenters. The molecule has 0 spiro atoms. The maximum Gasteiger partial charge on any atom is 0.294 e. The minimum atomic E-state index is -1.22. The molecule has 4 heterocycles. The molecule has 4 aromatic rings. The Morgan fingerprint density at radius 2 is 1.88 bits per heavy atom. The van der Waals surface area contributed by atoms with Gasteiger partial charge in [0.2, 0.25) is 5.95 Å². The number of anilines is 3. The van der Waals surface area contributed by atoms with Crippen molar-refractivity contribution in [2.75, 3.05) is 57.2 Å². The van der Waals surface area contributed by atoms with Crippen LogP contribution in [0.2, 0.25) is 25.7 Å². The number of likely N-dealkylation sites (N-methyl/N-ethyl adjacent to an activating group) is 1. The Bertz CT molecular complexity index is 1570. The van der Waals surface area contributed by atoms with E-state index in [1.54, 1.807) is 24.1 Å². The summed E-state index contributed by atoms with van der Waals surface area (Å²) in [5.74, 6) is 0.745. The van der Waals surface area contributed by atoms with E-state index in [1.165, 1.54) is 6.07 Å². The summed E-state index contributed by atoms with van der Waals surface area (Å²) in [6.07, 6.45) is 5.58. The molecule has 1 aliphatic heterocycles. The number of nitrogens with one attached hydrogen (secondary N) is 1. The zero-order valence-corrected chi connectivity index (χ0v) is 26.1. The van der Waals surface area contributed by atoms with Crippen molar-refractivity contribution in [3.05, 3.63) is 46.9 Å². The van der Waals surface area contributed by atoms with Gasteiger partial charge in [-0.3, -0.25) is 14.8 Å².